The van der Waals surface area contributed by atoms with E-state index >= 15 is 0 Å². The van der Waals surface area contributed by atoms with E-state index in [4.69, 9.17) is 18.9 Å². The van der Waals surface area contributed by atoms with Crippen LogP contribution in [0.2, 0.25) is 0 Å². The number of methoxy groups -OCH3 is 2. The Morgan fingerprint density at radius 2 is 0.875 bits per heavy atom. The molecule has 8 rings (SSSR count). The maximum Gasteiger partial charge on any atom is 0.312 e. The number of rotatable bonds is 14. The highest BCUT2D eigenvalue weighted by molar-refractivity contribution is 9.11. The predicted molar refractivity (Wildman–Crippen MR) is 284 cm³/mol. The minimum atomic E-state index is -1.05. The van der Waals surface area contributed by atoms with Gasteiger partial charge in [-0.15, -0.1) is 34.0 Å². The quantitative estimate of drug-likeness (QED) is 0.106. The number of anilines is 2. The molecule has 2 aliphatic rings. The lowest BCUT2D eigenvalue weighted by molar-refractivity contribution is -0.152. The van der Waals surface area contributed by atoms with E-state index in [1.54, 1.807) is 60.8 Å². The van der Waals surface area contributed by atoms with Crippen LogP contribution >= 0.6 is 49.9 Å². The summed E-state index contributed by atoms with van der Waals surface area (Å²) in [6.07, 6.45) is 0. The van der Waals surface area contributed by atoms with Crippen molar-refractivity contribution in [1.82, 2.24) is 0 Å². The molecule has 3 aromatic carbocycles. The molecule has 6 aromatic rings. The highest BCUT2D eigenvalue weighted by atomic mass is 79.9. The van der Waals surface area contributed by atoms with Gasteiger partial charge in [0.05, 0.1) is 70.7 Å². The zero-order valence-corrected chi connectivity index (χ0v) is 45.8. The number of thiophene rings is 3. The number of aliphatic carboxylic acids is 1. The monoisotopic (exact) mass is 1110 g/mol. The largest absolute Gasteiger partial charge is 0.481 e. The van der Waals surface area contributed by atoms with Crippen molar-refractivity contribution in [3.8, 4) is 0 Å². The Morgan fingerprint density at radius 1 is 0.542 bits per heavy atom. The third kappa shape index (κ3) is 13.6. The predicted octanol–water partition coefficient (Wildman–Crippen LogP) is 13.0. The molecule has 0 saturated carbocycles. The summed E-state index contributed by atoms with van der Waals surface area (Å²) in [5, 5.41) is 12.0. The second-order valence-corrected chi connectivity index (χ2v) is 23.8. The molecular weight excluding hydrogens is 1050 g/mol. The van der Waals surface area contributed by atoms with E-state index in [2.05, 4.69) is 31.8 Å². The number of morpholine rings is 2. The Morgan fingerprint density at radius 3 is 1.18 bits per heavy atom. The van der Waals surface area contributed by atoms with Crippen LogP contribution in [0.4, 0.5) is 23.2 Å². The van der Waals surface area contributed by atoms with Gasteiger partial charge in [0.2, 0.25) is 0 Å². The third-order valence-corrected chi connectivity index (χ3v) is 17.1. The number of benzene rings is 3. The number of esters is 2. The van der Waals surface area contributed by atoms with Crippen LogP contribution in [0.1, 0.15) is 90.6 Å². The van der Waals surface area contributed by atoms with Crippen LogP contribution in [0, 0.1) is 33.7 Å². The molecule has 1 N–H and O–H groups in total. The van der Waals surface area contributed by atoms with Crippen LogP contribution in [-0.4, -0.2) is 89.8 Å². The Kier molecular flexibility index (Phi) is 19.4. The molecule has 2 aliphatic heterocycles. The van der Waals surface area contributed by atoms with E-state index in [0.29, 0.717) is 32.0 Å². The number of carbonyl (C=O) groups excluding carboxylic acids is 2. The van der Waals surface area contributed by atoms with Crippen LogP contribution in [0.5, 0.6) is 0 Å². The van der Waals surface area contributed by atoms with Crippen molar-refractivity contribution in [3.05, 3.63) is 162 Å². The van der Waals surface area contributed by atoms with Crippen molar-refractivity contribution in [3.63, 3.8) is 0 Å². The van der Waals surface area contributed by atoms with Gasteiger partial charge in [-0.3, -0.25) is 14.4 Å². The van der Waals surface area contributed by atoms with Gasteiger partial charge in [-0.2, -0.15) is 0 Å². The van der Waals surface area contributed by atoms with E-state index in [9.17, 15) is 32.7 Å². The molecule has 0 bridgehead atoms. The smallest absolute Gasteiger partial charge is 0.312 e. The highest BCUT2D eigenvalue weighted by Crippen LogP contribution is 2.48. The van der Waals surface area contributed by atoms with Crippen molar-refractivity contribution < 1.29 is 51.6 Å². The number of halogens is 4. The second-order valence-electron chi connectivity index (χ2n) is 19.1. The van der Waals surface area contributed by atoms with Crippen molar-refractivity contribution in [2.45, 2.75) is 59.3 Å². The van der Waals surface area contributed by atoms with Crippen LogP contribution in [0.25, 0.3) is 0 Å². The zero-order valence-electron chi connectivity index (χ0n) is 41.7. The molecule has 3 aromatic heterocycles. The summed E-state index contributed by atoms with van der Waals surface area (Å²) in [4.78, 5) is 44.0. The SMILES string of the molecule is CC(C)(C(=O)O)C(c1cccc(F)c1)c1ccc(N2CCOCC2)s1.COC(=O)C(C)(C)C(c1cccc(F)c1)c1ccc(Br)s1.COC(=O)C(C)(C)C(c1cccc(F)c1)c1ccc(N2CCOCC2)s1. The van der Waals surface area contributed by atoms with Gasteiger partial charge >= 0.3 is 17.9 Å². The number of carboxylic acids is 1. The first-order chi connectivity index (χ1) is 34.2. The van der Waals surface area contributed by atoms with Crippen molar-refractivity contribution in [2.24, 2.45) is 16.2 Å². The number of ether oxygens (including phenoxy) is 4. The first-order valence-corrected chi connectivity index (χ1v) is 26.7. The number of hydrogen-bond acceptors (Lipinski definition) is 12. The lowest BCUT2D eigenvalue weighted by atomic mass is 9.74. The van der Waals surface area contributed by atoms with Gasteiger partial charge in [-0.25, -0.2) is 13.2 Å². The lowest BCUT2D eigenvalue weighted by Gasteiger charge is -2.32. The van der Waals surface area contributed by atoms with Crippen molar-refractivity contribution in [2.75, 3.05) is 76.6 Å². The Bertz CT molecular complexity index is 2760. The van der Waals surface area contributed by atoms with Crippen molar-refractivity contribution in [1.29, 1.82) is 0 Å². The van der Waals surface area contributed by atoms with Gasteiger partial charge in [0.1, 0.15) is 17.5 Å². The molecule has 2 saturated heterocycles. The maximum absolute atomic E-state index is 13.9. The summed E-state index contributed by atoms with van der Waals surface area (Å²) < 4.78 is 63.0. The minimum Gasteiger partial charge on any atom is -0.481 e. The lowest BCUT2D eigenvalue weighted by Crippen LogP contribution is -2.35. The van der Waals surface area contributed by atoms with Gasteiger partial charge in [0.15, 0.2) is 0 Å². The highest BCUT2D eigenvalue weighted by Gasteiger charge is 2.43. The normalized spacial score (nSPS) is 15.5. The zero-order chi connectivity index (χ0) is 52.4. The molecule has 3 atom stereocenters. The average molecular weight is 1110 g/mol. The number of carbonyl (C=O) groups is 3. The number of hydrogen-bond donors (Lipinski definition) is 1. The summed E-state index contributed by atoms with van der Waals surface area (Å²) in [5.74, 6) is -3.47. The van der Waals surface area contributed by atoms with E-state index < -0.39 is 28.1 Å². The second kappa shape index (κ2) is 24.8. The van der Waals surface area contributed by atoms with E-state index in [1.807, 2.05) is 70.2 Å². The molecular formula is C55H62BrF3N2O8S3. The summed E-state index contributed by atoms with van der Waals surface area (Å²) in [6, 6.07) is 31.1. The van der Waals surface area contributed by atoms with E-state index in [-0.39, 0.29) is 41.2 Å². The molecule has 0 spiro atoms. The van der Waals surface area contributed by atoms with Crippen LogP contribution in [0.15, 0.2) is 113 Å². The first-order valence-electron chi connectivity index (χ1n) is 23.5. The van der Waals surface area contributed by atoms with Crippen LogP contribution < -0.4 is 9.80 Å². The minimum absolute atomic E-state index is 0.267. The van der Waals surface area contributed by atoms with E-state index in [1.165, 1.54) is 62.0 Å². The van der Waals surface area contributed by atoms with Gasteiger partial charge < -0.3 is 33.9 Å². The Balaban J connectivity index is 0.000000178. The summed E-state index contributed by atoms with van der Waals surface area (Å²) in [7, 11) is 2.76. The Hall–Kier alpha value is -5.04. The molecule has 0 amide bonds. The topological polar surface area (TPSA) is 115 Å². The molecule has 10 nitrogen and oxygen atoms in total. The number of carboxylic acid groups (broad SMARTS) is 1. The molecule has 386 valence electrons. The molecule has 0 radical (unpaired) electrons. The fraction of sp³-hybridized carbons (Fsp3) is 0.400. The summed E-state index contributed by atoms with van der Waals surface area (Å²) >= 11 is 8.19. The molecule has 0 aliphatic carbocycles. The molecule has 72 heavy (non-hydrogen) atoms. The van der Waals surface area contributed by atoms with E-state index in [0.717, 1.165) is 65.7 Å². The van der Waals surface area contributed by atoms with Crippen LogP contribution in [-0.2, 0) is 33.3 Å². The van der Waals surface area contributed by atoms with Gasteiger partial charge in [0, 0.05) is 58.6 Å². The molecule has 3 unspecified atom stereocenters. The summed E-state index contributed by atoms with van der Waals surface area (Å²) in [6.45, 7) is 16.9. The van der Waals surface area contributed by atoms with Gasteiger partial charge in [-0.1, -0.05) is 36.4 Å². The Labute approximate surface area is 440 Å². The van der Waals surface area contributed by atoms with Crippen molar-refractivity contribution >= 4 is 77.9 Å². The maximum atomic E-state index is 13.9. The fourth-order valence-corrected chi connectivity index (χ4v) is 13.6. The van der Waals surface area contributed by atoms with Gasteiger partial charge in [-0.05, 0) is 147 Å². The molecule has 17 heteroatoms. The summed E-state index contributed by atoms with van der Waals surface area (Å²) in [5.41, 5.74) is -0.456. The molecule has 2 fully saturated rings. The average Bonchev–Trinajstić information content (AvgIpc) is 4.14. The van der Waals surface area contributed by atoms with Crippen LogP contribution in [0.3, 0.4) is 0 Å². The third-order valence-electron chi connectivity index (χ3n) is 13.0. The van der Waals surface area contributed by atoms with Gasteiger partial charge in [0.25, 0.3) is 0 Å². The fourth-order valence-electron chi connectivity index (χ4n) is 9.14. The standard InChI is InChI=1S/C20H24FNO3S.C19H22FNO3S.C16H16BrFO2S/c1-20(2,19(23)24-3)18(14-5-4-6-15(21)13-14)16-7-8-17(26-16)22-9-11-25-12-10-22;1-19(2,18(22)23)17(13-4-3-5-14(20)12-13)15-6-7-16(25-15)21-8-10-24-11-9-21;1-16(2,15(19)20-3)14(12-7-8-13(17)21-12)10-5-4-6-11(18)9-10/h4-8,13,18H,9-12H2,1-3H3;3-7,12,17H,8-11H2,1-2H3,(H,22,23);4-9,14H,1-3H3. The molecule has 5 heterocycles. The number of nitrogens with zero attached hydrogens (tertiary/aromatic N) is 2. The first kappa shape index (κ1) is 56.3.